The first-order valence-electron chi connectivity index (χ1n) is 8.69. The summed E-state index contributed by atoms with van der Waals surface area (Å²) in [5, 5.41) is 2.06. The maximum Gasteiger partial charge on any atom is 0.190 e. The zero-order valence-electron chi connectivity index (χ0n) is 14.0. The second kappa shape index (κ2) is 5.49. The van der Waals surface area contributed by atoms with Crippen LogP contribution in [0, 0.1) is 0 Å². The van der Waals surface area contributed by atoms with Crippen molar-refractivity contribution in [1.29, 1.82) is 0 Å². The van der Waals surface area contributed by atoms with Crippen molar-refractivity contribution in [2.75, 3.05) is 6.61 Å². The Bertz CT molecular complexity index is 609. The summed E-state index contributed by atoms with van der Waals surface area (Å²) in [6, 6.07) is 10.5. The zero-order valence-corrected chi connectivity index (χ0v) is 14.0. The van der Waals surface area contributed by atoms with Crippen LogP contribution in [0.1, 0.15) is 25.8 Å². The lowest BCUT2D eigenvalue weighted by Crippen LogP contribution is -2.47. The van der Waals surface area contributed by atoms with Gasteiger partial charge in [0.1, 0.15) is 24.4 Å². The van der Waals surface area contributed by atoms with Crippen molar-refractivity contribution in [2.45, 2.75) is 69.3 Å². The summed E-state index contributed by atoms with van der Waals surface area (Å²) in [4.78, 5) is 6.09. The van der Waals surface area contributed by atoms with Crippen molar-refractivity contribution in [3.63, 3.8) is 0 Å². The van der Waals surface area contributed by atoms with Gasteiger partial charge in [-0.3, -0.25) is 4.84 Å². The van der Waals surface area contributed by atoms with Crippen LogP contribution in [0.3, 0.4) is 0 Å². The first-order chi connectivity index (χ1) is 11.6. The van der Waals surface area contributed by atoms with Gasteiger partial charge in [-0.15, -0.1) is 0 Å². The van der Waals surface area contributed by atoms with E-state index in [0.29, 0.717) is 6.61 Å². The Kier molecular flexibility index (Phi) is 3.49. The lowest BCUT2D eigenvalue weighted by atomic mass is 10.0. The van der Waals surface area contributed by atoms with E-state index in [-0.39, 0.29) is 36.7 Å². The van der Waals surface area contributed by atoms with E-state index in [2.05, 4.69) is 29.3 Å². The summed E-state index contributed by atoms with van der Waals surface area (Å²) in [5.41, 5.74) is 1.23. The Morgan fingerprint density at radius 3 is 2.75 bits per heavy atom. The van der Waals surface area contributed by atoms with Gasteiger partial charge >= 0.3 is 0 Å². The number of benzene rings is 1. The maximum atomic E-state index is 6.21. The lowest BCUT2D eigenvalue weighted by molar-refractivity contribution is -0.257. The highest BCUT2D eigenvalue weighted by Crippen LogP contribution is 2.44. The van der Waals surface area contributed by atoms with Gasteiger partial charge in [0.05, 0.1) is 12.6 Å². The van der Waals surface area contributed by atoms with E-state index in [1.807, 2.05) is 19.9 Å². The molecule has 1 aromatic rings. The quantitative estimate of drug-likeness (QED) is 0.823. The number of rotatable bonds is 2. The number of nitrogens with zero attached hydrogens (tertiary/aromatic N) is 1. The predicted molar refractivity (Wildman–Crippen MR) is 83.7 cm³/mol. The molecule has 2 bridgehead atoms. The van der Waals surface area contributed by atoms with Gasteiger partial charge < -0.3 is 18.9 Å². The van der Waals surface area contributed by atoms with Crippen molar-refractivity contribution >= 4 is 0 Å². The van der Waals surface area contributed by atoms with E-state index in [1.165, 1.54) is 5.56 Å². The highest BCUT2D eigenvalue weighted by atomic mass is 16.8. The van der Waals surface area contributed by atoms with E-state index in [0.717, 1.165) is 13.0 Å². The molecule has 6 nitrogen and oxygen atoms in total. The molecule has 4 fully saturated rings. The number of hydrogen-bond donors (Lipinski definition) is 0. The third-order valence-electron chi connectivity index (χ3n) is 5.22. The van der Waals surface area contributed by atoms with Crippen molar-refractivity contribution in [3.8, 4) is 0 Å². The molecule has 5 rings (SSSR count). The highest BCUT2D eigenvalue weighted by molar-refractivity contribution is 5.15. The smallest absolute Gasteiger partial charge is 0.190 e. The Morgan fingerprint density at radius 2 is 1.92 bits per heavy atom. The average Bonchev–Trinajstić information content (AvgIpc) is 3.11. The molecule has 0 unspecified atom stereocenters. The molecule has 0 radical (unpaired) electrons. The van der Waals surface area contributed by atoms with E-state index >= 15 is 0 Å². The van der Waals surface area contributed by atoms with Gasteiger partial charge in [0, 0.05) is 6.54 Å². The van der Waals surface area contributed by atoms with E-state index < -0.39 is 5.79 Å². The van der Waals surface area contributed by atoms with Gasteiger partial charge in [0.25, 0.3) is 0 Å². The summed E-state index contributed by atoms with van der Waals surface area (Å²) < 4.78 is 24.2. The van der Waals surface area contributed by atoms with E-state index in [9.17, 15) is 0 Å². The van der Waals surface area contributed by atoms with Gasteiger partial charge in [-0.1, -0.05) is 30.3 Å². The standard InChI is InChI=1S/C18H23NO5/c1-18(2)22-16-15-14(21-17(16)23-18)13-8-12(10-20-15)24-19(13)9-11-6-4-3-5-7-11/h3-7,12-17H,8-10H2,1-2H3/t12-,13+,14+,15+,16+,17+/m0/s1. The lowest BCUT2D eigenvalue weighted by Gasteiger charge is -2.33. The Hall–Kier alpha value is -1.02. The van der Waals surface area contributed by atoms with Crippen molar-refractivity contribution < 1.29 is 23.8 Å². The number of fused-ring (bicyclic) bond motifs is 6. The Morgan fingerprint density at radius 1 is 1.08 bits per heavy atom. The first-order valence-corrected chi connectivity index (χ1v) is 8.69. The minimum Gasteiger partial charge on any atom is -0.370 e. The highest BCUT2D eigenvalue weighted by Gasteiger charge is 2.60. The fraction of sp³-hybridized carbons (Fsp3) is 0.667. The van der Waals surface area contributed by atoms with Crippen LogP contribution in [0.15, 0.2) is 30.3 Å². The molecular weight excluding hydrogens is 310 g/mol. The molecule has 0 spiro atoms. The molecule has 4 aliphatic rings. The second-order valence-corrected chi connectivity index (χ2v) is 7.46. The SMILES string of the molecule is CC1(C)O[C@H]2O[C@H]3[C@@H](OC[C@@H]4C[C@H]3N(Cc3ccccc3)O4)[C@H]2O1. The summed E-state index contributed by atoms with van der Waals surface area (Å²) in [6.07, 6.45) is 0.285. The van der Waals surface area contributed by atoms with Crippen molar-refractivity contribution in [3.05, 3.63) is 35.9 Å². The normalized spacial score (nSPS) is 43.4. The fourth-order valence-electron chi connectivity index (χ4n) is 4.24. The molecule has 4 aliphatic heterocycles. The van der Waals surface area contributed by atoms with Gasteiger partial charge in [-0.05, 0) is 25.8 Å². The molecule has 130 valence electrons. The monoisotopic (exact) mass is 333 g/mol. The Labute approximate surface area is 141 Å². The summed E-state index contributed by atoms with van der Waals surface area (Å²) in [7, 11) is 0. The second-order valence-electron chi connectivity index (χ2n) is 7.46. The largest absolute Gasteiger partial charge is 0.370 e. The van der Waals surface area contributed by atoms with Crippen LogP contribution in [0.4, 0.5) is 0 Å². The summed E-state index contributed by atoms with van der Waals surface area (Å²) >= 11 is 0. The van der Waals surface area contributed by atoms with Crippen LogP contribution >= 0.6 is 0 Å². The predicted octanol–water partition coefficient (Wildman–Crippen LogP) is 1.84. The van der Waals surface area contributed by atoms with Crippen LogP contribution in [-0.2, 0) is 30.3 Å². The topological polar surface area (TPSA) is 49.4 Å². The van der Waals surface area contributed by atoms with Gasteiger partial charge in [-0.25, -0.2) is 0 Å². The molecule has 1 aromatic carbocycles. The van der Waals surface area contributed by atoms with Crippen LogP contribution in [0.5, 0.6) is 0 Å². The van der Waals surface area contributed by atoms with Gasteiger partial charge in [-0.2, -0.15) is 5.06 Å². The van der Waals surface area contributed by atoms with Crippen LogP contribution in [0.2, 0.25) is 0 Å². The van der Waals surface area contributed by atoms with Crippen molar-refractivity contribution in [1.82, 2.24) is 5.06 Å². The fourth-order valence-corrected chi connectivity index (χ4v) is 4.24. The molecule has 0 aromatic heterocycles. The molecule has 0 amide bonds. The summed E-state index contributed by atoms with van der Waals surface area (Å²) in [6.45, 7) is 5.14. The molecular formula is C18H23NO5. The number of hydroxylamine groups is 2. The molecule has 0 N–H and O–H groups in total. The number of hydrogen-bond acceptors (Lipinski definition) is 6. The molecule has 6 atom stereocenters. The first kappa shape index (κ1) is 15.3. The minimum absolute atomic E-state index is 0.0849. The molecule has 24 heavy (non-hydrogen) atoms. The minimum atomic E-state index is -0.616. The number of ether oxygens (including phenoxy) is 4. The third-order valence-corrected chi connectivity index (χ3v) is 5.22. The van der Waals surface area contributed by atoms with Crippen LogP contribution < -0.4 is 0 Å². The third kappa shape index (κ3) is 2.49. The molecule has 0 saturated carbocycles. The van der Waals surface area contributed by atoms with E-state index in [4.69, 9.17) is 23.8 Å². The maximum absolute atomic E-state index is 6.21. The molecule has 6 heteroatoms. The average molecular weight is 333 g/mol. The van der Waals surface area contributed by atoms with Crippen LogP contribution in [-0.4, -0.2) is 54.2 Å². The zero-order chi connectivity index (χ0) is 16.3. The molecule has 4 heterocycles. The summed E-state index contributed by atoms with van der Waals surface area (Å²) in [5.74, 6) is -0.616. The van der Waals surface area contributed by atoms with Gasteiger partial charge in [0.15, 0.2) is 12.1 Å². The molecule has 0 aliphatic carbocycles. The van der Waals surface area contributed by atoms with Crippen molar-refractivity contribution in [2.24, 2.45) is 0 Å². The molecule has 4 saturated heterocycles. The van der Waals surface area contributed by atoms with Gasteiger partial charge in [0.2, 0.25) is 0 Å². The van der Waals surface area contributed by atoms with Crippen LogP contribution in [0.25, 0.3) is 0 Å². The Balaban J connectivity index is 1.37. The van der Waals surface area contributed by atoms with E-state index in [1.54, 1.807) is 0 Å².